The fourth-order valence-electron chi connectivity index (χ4n) is 1.82. The van der Waals surface area contributed by atoms with E-state index < -0.39 is 0 Å². The lowest BCUT2D eigenvalue weighted by molar-refractivity contribution is -0.113. The van der Waals surface area contributed by atoms with E-state index >= 15 is 0 Å². The number of nitrogens with one attached hydrogen (secondary N) is 3. The molecule has 24 heavy (non-hydrogen) atoms. The Morgan fingerprint density at radius 2 is 2.08 bits per heavy atom. The lowest BCUT2D eigenvalue weighted by Gasteiger charge is -2.12. The van der Waals surface area contributed by atoms with Crippen LogP contribution in [-0.4, -0.2) is 39.3 Å². The molecule has 0 fully saturated rings. The van der Waals surface area contributed by atoms with Crippen LogP contribution in [0.25, 0.3) is 0 Å². The van der Waals surface area contributed by atoms with Crippen LogP contribution in [0.4, 0.5) is 11.6 Å². The van der Waals surface area contributed by atoms with Crippen LogP contribution in [0.15, 0.2) is 29.4 Å². The van der Waals surface area contributed by atoms with Crippen molar-refractivity contribution in [3.05, 3.63) is 29.8 Å². The maximum Gasteiger partial charge on any atom is 0.253 e. The van der Waals surface area contributed by atoms with Crippen molar-refractivity contribution in [3.8, 4) is 0 Å². The summed E-state index contributed by atoms with van der Waals surface area (Å²) < 4.78 is 0. The second-order valence-corrected chi connectivity index (χ2v) is 6.43. The molecule has 5 N–H and O–H groups in total. The van der Waals surface area contributed by atoms with Gasteiger partial charge in [-0.05, 0) is 18.1 Å². The SMILES string of the molecule is CC(C)CNC(=O)c1ccccc1NC(=O)CSc1n[nH]c(N)n1. The number of nitrogen functional groups attached to an aromatic ring is 1. The molecule has 2 amide bonds. The minimum absolute atomic E-state index is 0.110. The Balaban J connectivity index is 1.96. The Hall–Kier alpha value is -2.55. The number of para-hydroxylation sites is 1. The molecule has 0 spiro atoms. The zero-order valence-corrected chi connectivity index (χ0v) is 14.3. The van der Waals surface area contributed by atoms with Crippen LogP contribution >= 0.6 is 11.8 Å². The van der Waals surface area contributed by atoms with Crippen molar-refractivity contribution in [1.82, 2.24) is 20.5 Å². The number of nitrogens with zero attached hydrogens (tertiary/aromatic N) is 2. The molecule has 128 valence electrons. The van der Waals surface area contributed by atoms with Gasteiger partial charge in [0.15, 0.2) is 0 Å². The number of H-pyrrole nitrogens is 1. The van der Waals surface area contributed by atoms with Crippen LogP contribution in [0, 0.1) is 5.92 Å². The van der Waals surface area contributed by atoms with Gasteiger partial charge < -0.3 is 16.4 Å². The molecule has 2 rings (SSSR count). The average Bonchev–Trinajstić information content (AvgIpc) is 2.96. The number of nitrogens with two attached hydrogens (primary N) is 1. The number of aromatic nitrogens is 3. The number of hydrogen-bond donors (Lipinski definition) is 4. The van der Waals surface area contributed by atoms with Crippen molar-refractivity contribution in [2.24, 2.45) is 5.92 Å². The van der Waals surface area contributed by atoms with Gasteiger partial charge in [0, 0.05) is 6.54 Å². The third-order valence-corrected chi connectivity index (χ3v) is 3.78. The molecule has 0 saturated carbocycles. The molecule has 2 aromatic rings. The first kappa shape index (κ1) is 17.8. The zero-order chi connectivity index (χ0) is 17.5. The van der Waals surface area contributed by atoms with E-state index in [0.717, 1.165) is 11.8 Å². The molecule has 0 radical (unpaired) electrons. The van der Waals surface area contributed by atoms with Crippen LogP contribution in [0.3, 0.4) is 0 Å². The highest BCUT2D eigenvalue weighted by Gasteiger charge is 2.14. The normalized spacial score (nSPS) is 10.6. The lowest BCUT2D eigenvalue weighted by atomic mass is 10.1. The number of hydrogen-bond acceptors (Lipinski definition) is 6. The molecule has 0 saturated heterocycles. The molecule has 0 aliphatic rings. The number of benzene rings is 1. The van der Waals surface area contributed by atoms with E-state index in [1.54, 1.807) is 24.3 Å². The standard InChI is InChI=1S/C15H20N6O2S/c1-9(2)7-17-13(23)10-5-3-4-6-11(10)18-12(22)8-24-15-19-14(16)20-21-15/h3-6,9H,7-8H2,1-2H3,(H,17,23)(H,18,22)(H3,16,19,20,21). The number of aromatic amines is 1. The summed E-state index contributed by atoms with van der Waals surface area (Å²) in [7, 11) is 0. The van der Waals surface area contributed by atoms with Gasteiger partial charge in [0.1, 0.15) is 0 Å². The van der Waals surface area contributed by atoms with Gasteiger partial charge in [-0.15, -0.1) is 5.10 Å². The van der Waals surface area contributed by atoms with Gasteiger partial charge in [0.05, 0.1) is 17.0 Å². The molecule has 1 aromatic carbocycles. The molecule has 9 heteroatoms. The maximum absolute atomic E-state index is 12.2. The van der Waals surface area contributed by atoms with E-state index in [1.807, 2.05) is 13.8 Å². The number of thioether (sulfide) groups is 1. The van der Waals surface area contributed by atoms with Gasteiger partial charge in [0.2, 0.25) is 17.0 Å². The summed E-state index contributed by atoms with van der Waals surface area (Å²) in [5.41, 5.74) is 6.32. The summed E-state index contributed by atoms with van der Waals surface area (Å²) in [5, 5.41) is 12.3. The van der Waals surface area contributed by atoms with Crippen molar-refractivity contribution in [1.29, 1.82) is 0 Å². The Morgan fingerprint density at radius 3 is 2.75 bits per heavy atom. The van der Waals surface area contributed by atoms with Gasteiger partial charge in [-0.3, -0.25) is 9.59 Å². The highest BCUT2D eigenvalue weighted by atomic mass is 32.2. The minimum Gasteiger partial charge on any atom is -0.368 e. The molecule has 0 aliphatic carbocycles. The Labute approximate surface area is 144 Å². The van der Waals surface area contributed by atoms with E-state index in [9.17, 15) is 9.59 Å². The van der Waals surface area contributed by atoms with Gasteiger partial charge >= 0.3 is 0 Å². The second kappa shape index (κ2) is 8.34. The zero-order valence-electron chi connectivity index (χ0n) is 13.5. The summed E-state index contributed by atoms with van der Waals surface area (Å²) in [6.45, 7) is 4.60. The molecule has 1 aromatic heterocycles. The predicted molar refractivity (Wildman–Crippen MR) is 93.8 cm³/mol. The smallest absolute Gasteiger partial charge is 0.253 e. The molecular formula is C15H20N6O2S. The minimum atomic E-state index is -0.257. The molecule has 0 aliphatic heterocycles. The Bertz CT molecular complexity index is 715. The summed E-state index contributed by atoms with van der Waals surface area (Å²) in [5.74, 6) is 0.187. The third-order valence-electron chi connectivity index (χ3n) is 2.93. The van der Waals surface area contributed by atoms with Gasteiger partial charge in [0.25, 0.3) is 5.91 Å². The van der Waals surface area contributed by atoms with E-state index in [0.29, 0.717) is 28.9 Å². The van der Waals surface area contributed by atoms with Crippen molar-refractivity contribution < 1.29 is 9.59 Å². The van der Waals surface area contributed by atoms with E-state index in [-0.39, 0.29) is 23.5 Å². The maximum atomic E-state index is 12.2. The summed E-state index contributed by atoms with van der Waals surface area (Å²) in [6, 6.07) is 6.88. The van der Waals surface area contributed by atoms with Gasteiger partial charge in [-0.1, -0.05) is 37.7 Å². The predicted octanol–water partition coefficient (Wildman–Crippen LogP) is 1.50. The third kappa shape index (κ3) is 5.27. The number of carbonyl (C=O) groups is 2. The van der Waals surface area contributed by atoms with Crippen LogP contribution < -0.4 is 16.4 Å². The van der Waals surface area contributed by atoms with Gasteiger partial charge in [-0.2, -0.15) is 4.98 Å². The first-order valence-corrected chi connectivity index (χ1v) is 8.42. The van der Waals surface area contributed by atoms with Gasteiger partial charge in [-0.25, -0.2) is 5.10 Å². The summed E-state index contributed by atoms with van der Waals surface area (Å²) in [4.78, 5) is 28.2. The number of anilines is 2. The first-order chi connectivity index (χ1) is 11.5. The van der Waals surface area contributed by atoms with E-state index in [1.165, 1.54) is 0 Å². The van der Waals surface area contributed by atoms with Crippen LogP contribution in [0.1, 0.15) is 24.2 Å². The Kier molecular flexibility index (Phi) is 6.19. The number of carbonyl (C=O) groups excluding carboxylic acids is 2. The monoisotopic (exact) mass is 348 g/mol. The molecule has 0 unspecified atom stereocenters. The molecule has 8 nitrogen and oxygen atoms in total. The van der Waals surface area contributed by atoms with Crippen LogP contribution in [-0.2, 0) is 4.79 Å². The van der Waals surface area contributed by atoms with Crippen molar-refractivity contribution in [2.75, 3.05) is 23.3 Å². The second-order valence-electron chi connectivity index (χ2n) is 5.49. The number of rotatable bonds is 7. The quantitative estimate of drug-likeness (QED) is 0.562. The molecular weight excluding hydrogens is 328 g/mol. The summed E-state index contributed by atoms with van der Waals surface area (Å²) in [6.07, 6.45) is 0. The van der Waals surface area contributed by atoms with Crippen molar-refractivity contribution in [3.63, 3.8) is 0 Å². The van der Waals surface area contributed by atoms with Crippen molar-refractivity contribution in [2.45, 2.75) is 19.0 Å². The lowest BCUT2D eigenvalue weighted by Crippen LogP contribution is -2.28. The fourth-order valence-corrected chi connectivity index (χ4v) is 2.43. The van der Waals surface area contributed by atoms with Crippen LogP contribution in [0.5, 0.6) is 0 Å². The van der Waals surface area contributed by atoms with Crippen LogP contribution in [0.2, 0.25) is 0 Å². The Morgan fingerprint density at radius 1 is 1.33 bits per heavy atom. The molecule has 1 heterocycles. The average molecular weight is 348 g/mol. The number of amides is 2. The molecule has 0 atom stereocenters. The highest BCUT2D eigenvalue weighted by Crippen LogP contribution is 2.17. The molecule has 0 bridgehead atoms. The summed E-state index contributed by atoms with van der Waals surface area (Å²) >= 11 is 1.15. The van der Waals surface area contributed by atoms with E-state index in [2.05, 4.69) is 25.8 Å². The highest BCUT2D eigenvalue weighted by molar-refractivity contribution is 7.99. The first-order valence-electron chi connectivity index (χ1n) is 7.43. The topological polar surface area (TPSA) is 126 Å². The van der Waals surface area contributed by atoms with Crippen molar-refractivity contribution >= 4 is 35.2 Å². The fraction of sp³-hybridized carbons (Fsp3) is 0.333. The van der Waals surface area contributed by atoms with E-state index in [4.69, 9.17) is 5.73 Å². The largest absolute Gasteiger partial charge is 0.368 e.